The van der Waals surface area contributed by atoms with Gasteiger partial charge in [0.1, 0.15) is 0 Å². The van der Waals surface area contributed by atoms with Crippen molar-refractivity contribution in [1.82, 2.24) is 0 Å². The maximum absolute atomic E-state index is 9.47. The Morgan fingerprint density at radius 2 is 1.72 bits per heavy atom. The molecule has 3 nitrogen and oxygen atoms in total. The van der Waals surface area contributed by atoms with Crippen molar-refractivity contribution in [3.63, 3.8) is 0 Å². The van der Waals surface area contributed by atoms with E-state index in [-0.39, 0.29) is 0 Å². The van der Waals surface area contributed by atoms with Crippen LogP contribution in [0.25, 0.3) is 0 Å². The molecule has 0 bridgehead atoms. The van der Waals surface area contributed by atoms with E-state index in [2.05, 4.69) is 4.99 Å². The number of rotatable bonds is 4. The summed E-state index contributed by atoms with van der Waals surface area (Å²) in [4.78, 5) is 4.36. The minimum atomic E-state index is -0.878. The van der Waals surface area contributed by atoms with Crippen molar-refractivity contribution in [3.8, 4) is 0 Å². The molecule has 0 aromatic heterocycles. The lowest BCUT2D eigenvalue weighted by molar-refractivity contribution is -0.0769. The number of aliphatic hydroxyl groups is 1. The third-order valence-corrected chi connectivity index (χ3v) is 2.56. The number of aliphatic imine (C=N–C) groups is 1. The van der Waals surface area contributed by atoms with E-state index >= 15 is 0 Å². The van der Waals surface area contributed by atoms with Crippen molar-refractivity contribution in [2.75, 3.05) is 7.11 Å². The monoisotopic (exact) mass is 241 g/mol. The Kier molecular flexibility index (Phi) is 4.23. The molecule has 0 saturated carbocycles. The Hall–Kier alpha value is -1.97. The van der Waals surface area contributed by atoms with Gasteiger partial charge in [-0.2, -0.15) is 0 Å². The van der Waals surface area contributed by atoms with Crippen molar-refractivity contribution in [3.05, 3.63) is 65.7 Å². The van der Waals surface area contributed by atoms with E-state index in [0.29, 0.717) is 0 Å². The van der Waals surface area contributed by atoms with Crippen LogP contribution in [-0.4, -0.2) is 18.4 Å². The van der Waals surface area contributed by atoms with E-state index in [1.165, 1.54) is 7.11 Å². The molecule has 2 aromatic rings. The third kappa shape index (κ3) is 3.26. The van der Waals surface area contributed by atoms with Gasteiger partial charge in [0.2, 0.25) is 0 Å². The highest BCUT2D eigenvalue weighted by molar-refractivity contribution is 5.81. The lowest BCUT2D eigenvalue weighted by Gasteiger charge is -2.07. The fraction of sp³-hybridized carbons (Fsp3) is 0.133. The number of nitrogens with zero attached hydrogens (tertiary/aromatic N) is 1. The minimum absolute atomic E-state index is 0.719. The fourth-order valence-electron chi connectivity index (χ4n) is 1.55. The van der Waals surface area contributed by atoms with E-state index in [1.54, 1.807) is 12.1 Å². The molecule has 2 aromatic carbocycles. The van der Waals surface area contributed by atoms with Crippen molar-refractivity contribution >= 4 is 11.9 Å². The van der Waals surface area contributed by atoms with E-state index in [0.717, 1.165) is 16.8 Å². The summed E-state index contributed by atoms with van der Waals surface area (Å²) in [6.45, 7) is 0. The number of benzene rings is 2. The van der Waals surface area contributed by atoms with E-state index in [9.17, 15) is 5.11 Å². The first kappa shape index (κ1) is 12.5. The SMILES string of the molecule is COC(O)c1ccc(N=Cc2ccccc2)cc1. The summed E-state index contributed by atoms with van der Waals surface area (Å²) in [6.07, 6.45) is 0.930. The summed E-state index contributed by atoms with van der Waals surface area (Å²) in [7, 11) is 1.46. The number of ether oxygens (including phenoxy) is 1. The molecule has 2 rings (SSSR count). The predicted molar refractivity (Wildman–Crippen MR) is 72.1 cm³/mol. The molecule has 0 saturated heterocycles. The third-order valence-electron chi connectivity index (χ3n) is 2.56. The van der Waals surface area contributed by atoms with Gasteiger partial charge in [-0.25, -0.2) is 0 Å². The van der Waals surface area contributed by atoms with Crippen LogP contribution in [0.3, 0.4) is 0 Å². The zero-order valence-electron chi connectivity index (χ0n) is 10.2. The maximum Gasteiger partial charge on any atom is 0.180 e. The number of hydrogen-bond donors (Lipinski definition) is 1. The number of hydrogen-bond acceptors (Lipinski definition) is 3. The van der Waals surface area contributed by atoms with E-state index < -0.39 is 6.29 Å². The van der Waals surface area contributed by atoms with Gasteiger partial charge in [0.15, 0.2) is 6.29 Å². The van der Waals surface area contributed by atoms with Crippen molar-refractivity contribution in [2.24, 2.45) is 4.99 Å². The van der Waals surface area contributed by atoms with Crippen LogP contribution in [0.15, 0.2) is 59.6 Å². The smallest absolute Gasteiger partial charge is 0.180 e. The van der Waals surface area contributed by atoms with Gasteiger partial charge in [0, 0.05) is 18.9 Å². The zero-order valence-corrected chi connectivity index (χ0v) is 10.2. The molecular weight excluding hydrogens is 226 g/mol. The molecule has 3 heteroatoms. The zero-order chi connectivity index (χ0) is 12.8. The molecule has 0 fully saturated rings. The van der Waals surface area contributed by atoms with Crippen molar-refractivity contribution in [2.45, 2.75) is 6.29 Å². The second kappa shape index (κ2) is 6.10. The highest BCUT2D eigenvalue weighted by Gasteiger charge is 2.03. The second-order valence-corrected chi connectivity index (χ2v) is 3.85. The molecule has 0 spiro atoms. The number of aliphatic hydroxyl groups excluding tert-OH is 1. The van der Waals surface area contributed by atoms with Gasteiger partial charge in [-0.1, -0.05) is 42.5 Å². The first-order valence-electron chi connectivity index (χ1n) is 5.69. The van der Waals surface area contributed by atoms with Gasteiger partial charge in [0.25, 0.3) is 0 Å². The summed E-state index contributed by atoms with van der Waals surface area (Å²) >= 11 is 0. The average Bonchev–Trinajstić information content (AvgIpc) is 2.46. The normalized spacial score (nSPS) is 12.8. The second-order valence-electron chi connectivity index (χ2n) is 3.85. The molecule has 92 valence electrons. The largest absolute Gasteiger partial charge is 0.364 e. The van der Waals surface area contributed by atoms with Crippen LogP contribution in [0.5, 0.6) is 0 Å². The van der Waals surface area contributed by atoms with Crippen molar-refractivity contribution in [1.29, 1.82) is 0 Å². The summed E-state index contributed by atoms with van der Waals surface area (Å²) in [6, 6.07) is 17.2. The molecule has 0 aliphatic heterocycles. The topological polar surface area (TPSA) is 41.8 Å². The number of methoxy groups -OCH3 is 1. The van der Waals surface area contributed by atoms with Gasteiger partial charge in [-0.3, -0.25) is 4.99 Å². The van der Waals surface area contributed by atoms with Crippen LogP contribution in [-0.2, 0) is 4.74 Å². The van der Waals surface area contributed by atoms with Crippen LogP contribution < -0.4 is 0 Å². The molecule has 1 atom stereocenters. The highest BCUT2D eigenvalue weighted by atomic mass is 16.6. The summed E-state index contributed by atoms with van der Waals surface area (Å²) in [5, 5.41) is 9.47. The van der Waals surface area contributed by atoms with E-state index in [1.807, 2.05) is 48.7 Å². The Morgan fingerprint density at radius 3 is 2.33 bits per heavy atom. The molecule has 0 aliphatic carbocycles. The summed E-state index contributed by atoms with van der Waals surface area (Å²) in [5.41, 5.74) is 2.61. The van der Waals surface area contributed by atoms with Gasteiger partial charge >= 0.3 is 0 Å². The predicted octanol–water partition coefficient (Wildman–Crippen LogP) is 3.07. The van der Waals surface area contributed by atoms with E-state index in [4.69, 9.17) is 4.74 Å². The molecular formula is C15H15NO2. The van der Waals surface area contributed by atoms with Crippen LogP contribution in [0.1, 0.15) is 17.4 Å². The minimum Gasteiger partial charge on any atom is -0.364 e. The van der Waals surface area contributed by atoms with Gasteiger partial charge in [0.05, 0.1) is 5.69 Å². The molecule has 1 N–H and O–H groups in total. The van der Waals surface area contributed by atoms with Gasteiger partial charge < -0.3 is 9.84 Å². The average molecular weight is 241 g/mol. The Morgan fingerprint density at radius 1 is 1.06 bits per heavy atom. The molecule has 0 heterocycles. The summed E-state index contributed by atoms with van der Waals surface area (Å²) < 4.78 is 4.82. The van der Waals surface area contributed by atoms with Crippen LogP contribution >= 0.6 is 0 Å². The lowest BCUT2D eigenvalue weighted by atomic mass is 10.2. The maximum atomic E-state index is 9.47. The molecule has 18 heavy (non-hydrogen) atoms. The quantitative estimate of drug-likeness (QED) is 0.660. The molecule has 0 amide bonds. The van der Waals surface area contributed by atoms with Gasteiger partial charge in [-0.15, -0.1) is 0 Å². The van der Waals surface area contributed by atoms with Crippen molar-refractivity contribution < 1.29 is 9.84 Å². The standard InChI is InChI=1S/C15H15NO2/c1-18-15(17)13-7-9-14(10-8-13)16-11-12-5-3-2-4-6-12/h2-11,15,17H,1H3. The molecule has 0 aliphatic rings. The van der Waals surface area contributed by atoms with Gasteiger partial charge in [-0.05, 0) is 17.7 Å². The fourth-order valence-corrected chi connectivity index (χ4v) is 1.55. The van der Waals surface area contributed by atoms with Crippen LogP contribution in [0.2, 0.25) is 0 Å². The summed E-state index contributed by atoms with van der Waals surface area (Å²) in [5.74, 6) is 0. The Bertz CT molecular complexity index is 506. The molecule has 0 radical (unpaired) electrons. The first-order chi connectivity index (χ1) is 8.79. The van der Waals surface area contributed by atoms with Crippen LogP contribution in [0, 0.1) is 0 Å². The Balaban J connectivity index is 2.09. The Labute approximate surface area is 106 Å². The highest BCUT2D eigenvalue weighted by Crippen LogP contribution is 2.18. The van der Waals surface area contributed by atoms with Crippen LogP contribution in [0.4, 0.5) is 5.69 Å². The molecule has 1 unspecified atom stereocenters. The lowest BCUT2D eigenvalue weighted by Crippen LogP contribution is -1.98. The first-order valence-corrected chi connectivity index (χ1v) is 5.69.